The highest BCUT2D eigenvalue weighted by Gasteiger charge is 2.28. The first-order valence-electron chi connectivity index (χ1n) is 10.2. The van der Waals surface area contributed by atoms with Crippen LogP contribution in [0.5, 0.6) is 5.75 Å². The summed E-state index contributed by atoms with van der Waals surface area (Å²) in [4.78, 5) is 27.1. The number of benzene rings is 2. The molecule has 162 valence electrons. The second-order valence-corrected chi connectivity index (χ2v) is 8.29. The highest BCUT2D eigenvalue weighted by Crippen LogP contribution is 2.16. The Hall–Kier alpha value is -2.89. The second kappa shape index (κ2) is 10.8. The summed E-state index contributed by atoms with van der Waals surface area (Å²) in [6, 6.07) is 14.9. The van der Waals surface area contributed by atoms with Crippen molar-refractivity contribution in [1.29, 1.82) is 0 Å². The van der Waals surface area contributed by atoms with E-state index in [-0.39, 0.29) is 24.8 Å². The van der Waals surface area contributed by atoms with Gasteiger partial charge in [0.05, 0.1) is 6.61 Å². The van der Waals surface area contributed by atoms with Crippen LogP contribution in [-0.4, -0.2) is 34.9 Å². The molecule has 0 aliphatic heterocycles. The molecule has 2 aromatic carbocycles. The van der Waals surface area contributed by atoms with Crippen molar-refractivity contribution in [2.75, 3.05) is 6.61 Å². The molecule has 0 aliphatic carbocycles. The molecular weight excluding hydrogens is 383 g/mol. The number of nitrogens with zero attached hydrogens (tertiary/aromatic N) is 1. The van der Waals surface area contributed by atoms with E-state index in [9.17, 15) is 14.0 Å². The fourth-order valence-electron chi connectivity index (χ4n) is 2.94. The lowest BCUT2D eigenvalue weighted by Gasteiger charge is -2.31. The van der Waals surface area contributed by atoms with Crippen molar-refractivity contribution in [3.63, 3.8) is 0 Å². The Balaban J connectivity index is 2.04. The van der Waals surface area contributed by atoms with Gasteiger partial charge in [0.25, 0.3) is 0 Å². The van der Waals surface area contributed by atoms with Gasteiger partial charge < -0.3 is 15.0 Å². The van der Waals surface area contributed by atoms with Crippen LogP contribution in [0.4, 0.5) is 4.39 Å². The second-order valence-electron chi connectivity index (χ2n) is 8.29. The summed E-state index contributed by atoms with van der Waals surface area (Å²) < 4.78 is 19.8. The largest absolute Gasteiger partial charge is 0.494 e. The van der Waals surface area contributed by atoms with Crippen molar-refractivity contribution in [3.05, 3.63) is 66.0 Å². The maximum absolute atomic E-state index is 14.2. The van der Waals surface area contributed by atoms with Crippen LogP contribution in [0.1, 0.15) is 46.1 Å². The van der Waals surface area contributed by atoms with Crippen LogP contribution in [0.25, 0.3) is 0 Å². The molecule has 0 aromatic heterocycles. The molecule has 6 heteroatoms. The molecule has 1 unspecified atom stereocenters. The molecule has 30 heavy (non-hydrogen) atoms. The van der Waals surface area contributed by atoms with Gasteiger partial charge in [-0.05, 0) is 52.3 Å². The van der Waals surface area contributed by atoms with Crippen LogP contribution in [0.3, 0.4) is 0 Å². The predicted molar refractivity (Wildman–Crippen MR) is 115 cm³/mol. The fourth-order valence-corrected chi connectivity index (χ4v) is 2.94. The van der Waals surface area contributed by atoms with Crippen LogP contribution in [0.15, 0.2) is 54.6 Å². The molecule has 0 radical (unpaired) electrons. The zero-order valence-corrected chi connectivity index (χ0v) is 18.2. The lowest BCUT2D eigenvalue weighted by Crippen LogP contribution is -2.52. The van der Waals surface area contributed by atoms with Crippen molar-refractivity contribution in [2.24, 2.45) is 0 Å². The predicted octanol–water partition coefficient (Wildman–Crippen LogP) is 4.32. The summed E-state index contributed by atoms with van der Waals surface area (Å²) in [5, 5.41) is 2.89. The topological polar surface area (TPSA) is 58.6 Å². The third-order valence-electron chi connectivity index (χ3n) is 4.51. The Labute approximate surface area is 178 Å². The van der Waals surface area contributed by atoms with Crippen molar-refractivity contribution < 1.29 is 18.7 Å². The summed E-state index contributed by atoms with van der Waals surface area (Å²) in [5.41, 5.74) is -0.0523. The lowest BCUT2D eigenvalue weighted by molar-refractivity contribution is -0.141. The van der Waals surface area contributed by atoms with E-state index in [0.717, 1.165) is 5.75 Å². The number of hydrogen-bond acceptors (Lipinski definition) is 3. The first-order chi connectivity index (χ1) is 14.2. The monoisotopic (exact) mass is 414 g/mol. The quantitative estimate of drug-likeness (QED) is 0.622. The normalized spacial score (nSPS) is 12.2. The molecule has 0 saturated heterocycles. The summed E-state index contributed by atoms with van der Waals surface area (Å²) in [5.74, 6) is -0.142. The van der Waals surface area contributed by atoms with Crippen molar-refractivity contribution in [3.8, 4) is 5.75 Å². The van der Waals surface area contributed by atoms with Crippen molar-refractivity contribution >= 4 is 11.8 Å². The van der Waals surface area contributed by atoms with Crippen LogP contribution >= 0.6 is 0 Å². The summed E-state index contributed by atoms with van der Waals surface area (Å²) in [6.07, 6.45) is 0.698. The Bertz CT molecular complexity index is 834. The molecule has 0 aliphatic rings. The van der Waals surface area contributed by atoms with Gasteiger partial charge in [-0.15, -0.1) is 0 Å². The number of carbonyl (C=O) groups excluding carboxylic acids is 2. The van der Waals surface area contributed by atoms with E-state index in [1.54, 1.807) is 25.1 Å². The molecule has 0 saturated carbocycles. The molecule has 0 heterocycles. The Morgan fingerprint density at radius 2 is 1.70 bits per heavy atom. The van der Waals surface area contributed by atoms with E-state index in [0.29, 0.717) is 18.6 Å². The SMILES string of the molecule is CC(C(=O)NC(C)(C)C)N(Cc1ccccc1F)C(=O)CCCOc1ccccc1. The molecule has 2 aromatic rings. The average molecular weight is 415 g/mol. The third kappa shape index (κ3) is 7.50. The van der Waals surface area contributed by atoms with E-state index in [1.807, 2.05) is 51.1 Å². The number of carbonyl (C=O) groups is 2. The third-order valence-corrected chi connectivity index (χ3v) is 4.51. The Morgan fingerprint density at radius 3 is 2.33 bits per heavy atom. The summed E-state index contributed by atoms with van der Waals surface area (Å²) >= 11 is 0. The minimum absolute atomic E-state index is 0.0315. The van der Waals surface area contributed by atoms with Crippen LogP contribution < -0.4 is 10.1 Å². The zero-order valence-electron chi connectivity index (χ0n) is 18.2. The van der Waals surface area contributed by atoms with Crippen LogP contribution in [-0.2, 0) is 16.1 Å². The van der Waals surface area contributed by atoms with Gasteiger partial charge in [-0.2, -0.15) is 0 Å². The molecule has 1 N–H and O–H groups in total. The number of nitrogens with one attached hydrogen (secondary N) is 1. The van der Waals surface area contributed by atoms with Gasteiger partial charge in [0, 0.05) is 24.1 Å². The maximum Gasteiger partial charge on any atom is 0.242 e. The van der Waals surface area contributed by atoms with Crippen molar-refractivity contribution in [2.45, 2.75) is 58.7 Å². The van der Waals surface area contributed by atoms with Gasteiger partial charge in [0.15, 0.2) is 0 Å². The smallest absolute Gasteiger partial charge is 0.242 e. The number of ether oxygens (including phenoxy) is 1. The molecule has 0 bridgehead atoms. The average Bonchev–Trinajstić information content (AvgIpc) is 2.69. The molecule has 2 rings (SSSR count). The van der Waals surface area contributed by atoms with Gasteiger partial charge in [0.1, 0.15) is 17.6 Å². The molecule has 5 nitrogen and oxygen atoms in total. The first-order valence-corrected chi connectivity index (χ1v) is 10.2. The maximum atomic E-state index is 14.2. The number of hydrogen-bond donors (Lipinski definition) is 1. The summed E-state index contributed by atoms with van der Waals surface area (Å²) in [7, 11) is 0. The molecular formula is C24H31FN2O3. The van der Waals surface area contributed by atoms with Crippen LogP contribution in [0.2, 0.25) is 0 Å². The van der Waals surface area contributed by atoms with E-state index >= 15 is 0 Å². The molecule has 0 fully saturated rings. The number of halogens is 1. The van der Waals surface area contributed by atoms with Crippen LogP contribution in [0, 0.1) is 5.82 Å². The van der Waals surface area contributed by atoms with Gasteiger partial charge in [0.2, 0.25) is 11.8 Å². The highest BCUT2D eigenvalue weighted by atomic mass is 19.1. The van der Waals surface area contributed by atoms with E-state index in [1.165, 1.54) is 11.0 Å². The number of amides is 2. The molecule has 2 amide bonds. The number of para-hydroxylation sites is 1. The lowest BCUT2D eigenvalue weighted by atomic mass is 10.1. The van der Waals surface area contributed by atoms with Gasteiger partial charge in [-0.3, -0.25) is 9.59 Å². The summed E-state index contributed by atoms with van der Waals surface area (Å²) in [6.45, 7) is 7.71. The van der Waals surface area contributed by atoms with E-state index < -0.39 is 17.4 Å². The number of rotatable bonds is 9. The minimum atomic E-state index is -0.730. The van der Waals surface area contributed by atoms with E-state index in [4.69, 9.17) is 4.74 Å². The van der Waals surface area contributed by atoms with Gasteiger partial charge in [-0.1, -0.05) is 36.4 Å². The molecule has 0 spiro atoms. The molecule has 1 atom stereocenters. The highest BCUT2D eigenvalue weighted by molar-refractivity contribution is 5.87. The standard InChI is InChI=1S/C24H31FN2O3/c1-18(23(29)26-24(2,3)4)27(17-19-11-8-9-14-21(19)25)22(28)15-10-16-30-20-12-6-5-7-13-20/h5-9,11-14,18H,10,15-17H2,1-4H3,(H,26,29). The van der Waals surface area contributed by atoms with Crippen molar-refractivity contribution in [1.82, 2.24) is 10.2 Å². The zero-order chi connectivity index (χ0) is 22.1. The first kappa shape index (κ1) is 23.4. The van der Waals surface area contributed by atoms with E-state index in [2.05, 4.69) is 5.32 Å². The fraction of sp³-hybridized carbons (Fsp3) is 0.417. The Morgan fingerprint density at radius 1 is 1.07 bits per heavy atom. The Kier molecular flexibility index (Phi) is 8.39. The minimum Gasteiger partial charge on any atom is -0.494 e. The van der Waals surface area contributed by atoms with Gasteiger partial charge >= 0.3 is 0 Å². The van der Waals surface area contributed by atoms with Gasteiger partial charge in [-0.25, -0.2) is 4.39 Å².